The molecule has 112 valence electrons. The van der Waals surface area contributed by atoms with Crippen LogP contribution < -0.4 is 10.0 Å². The van der Waals surface area contributed by atoms with E-state index >= 15 is 0 Å². The van der Waals surface area contributed by atoms with E-state index in [9.17, 15) is 8.42 Å². The molecule has 0 aliphatic carbocycles. The summed E-state index contributed by atoms with van der Waals surface area (Å²) in [6, 6.07) is 16.0. The minimum Gasteiger partial charge on any atom is -0.330 e. The number of nitrogens with two attached hydrogens (primary N) is 1. The van der Waals surface area contributed by atoms with Gasteiger partial charge in [0.15, 0.2) is 0 Å². The fourth-order valence-corrected chi connectivity index (χ4v) is 3.26. The second-order valence-electron chi connectivity index (χ2n) is 4.84. The molecule has 2 aromatic rings. The zero-order valence-electron chi connectivity index (χ0n) is 12.1. The molecule has 0 amide bonds. The number of benzene rings is 2. The Morgan fingerprint density at radius 1 is 1.00 bits per heavy atom. The SMILES string of the molecule is CN(c1ccccc1)S(=O)(=O)c1ccc(CCCN)cc1. The standard InChI is InChI=1S/C16H20N2O2S/c1-18(15-7-3-2-4-8-15)21(19,20)16-11-9-14(10-12-16)6-5-13-17/h2-4,7-12H,5-6,13,17H2,1H3. The second kappa shape index (κ2) is 6.74. The Kier molecular flexibility index (Phi) is 4.98. The van der Waals surface area contributed by atoms with Gasteiger partial charge >= 0.3 is 0 Å². The van der Waals surface area contributed by atoms with Gasteiger partial charge < -0.3 is 5.73 Å². The minimum absolute atomic E-state index is 0.297. The van der Waals surface area contributed by atoms with Crippen molar-refractivity contribution in [3.05, 3.63) is 60.2 Å². The van der Waals surface area contributed by atoms with Crippen LogP contribution in [0.15, 0.2) is 59.5 Å². The number of hydrogen-bond acceptors (Lipinski definition) is 3. The van der Waals surface area contributed by atoms with Crippen LogP contribution >= 0.6 is 0 Å². The molecule has 0 saturated carbocycles. The van der Waals surface area contributed by atoms with Crippen LogP contribution in [0.1, 0.15) is 12.0 Å². The molecule has 0 bridgehead atoms. The zero-order valence-corrected chi connectivity index (χ0v) is 12.9. The first-order valence-electron chi connectivity index (χ1n) is 6.88. The lowest BCUT2D eigenvalue weighted by molar-refractivity contribution is 0.594. The number of nitrogens with zero attached hydrogens (tertiary/aromatic N) is 1. The van der Waals surface area contributed by atoms with Crippen molar-refractivity contribution in [1.29, 1.82) is 0 Å². The van der Waals surface area contributed by atoms with Crippen LogP contribution in [-0.4, -0.2) is 22.0 Å². The topological polar surface area (TPSA) is 63.4 Å². The molecule has 0 aliphatic rings. The Hall–Kier alpha value is -1.85. The van der Waals surface area contributed by atoms with Crippen molar-refractivity contribution in [2.24, 2.45) is 5.73 Å². The van der Waals surface area contributed by atoms with Crippen LogP contribution in [0.25, 0.3) is 0 Å². The predicted molar refractivity (Wildman–Crippen MR) is 85.8 cm³/mol. The van der Waals surface area contributed by atoms with Gasteiger partial charge in [0.25, 0.3) is 10.0 Å². The Balaban J connectivity index is 2.23. The van der Waals surface area contributed by atoms with Crippen LogP contribution in [0, 0.1) is 0 Å². The van der Waals surface area contributed by atoms with Crippen LogP contribution in [0.3, 0.4) is 0 Å². The summed E-state index contributed by atoms with van der Waals surface area (Å²) in [4.78, 5) is 0.297. The molecule has 0 aromatic heterocycles. The Morgan fingerprint density at radius 2 is 1.62 bits per heavy atom. The van der Waals surface area contributed by atoms with E-state index in [1.807, 2.05) is 30.3 Å². The van der Waals surface area contributed by atoms with E-state index in [4.69, 9.17) is 5.73 Å². The number of aryl methyl sites for hydroxylation is 1. The fourth-order valence-electron chi connectivity index (χ4n) is 2.07. The molecule has 0 unspecified atom stereocenters. The number of para-hydroxylation sites is 1. The molecule has 0 saturated heterocycles. The van der Waals surface area contributed by atoms with E-state index in [1.165, 1.54) is 4.31 Å². The number of anilines is 1. The molecule has 0 spiro atoms. The summed E-state index contributed by atoms with van der Waals surface area (Å²) in [5.41, 5.74) is 7.22. The first kappa shape index (κ1) is 15.5. The Morgan fingerprint density at radius 3 is 2.19 bits per heavy atom. The maximum absolute atomic E-state index is 12.6. The average molecular weight is 304 g/mol. The van der Waals surface area contributed by atoms with Crippen molar-refractivity contribution in [3.63, 3.8) is 0 Å². The largest absolute Gasteiger partial charge is 0.330 e. The second-order valence-corrected chi connectivity index (χ2v) is 6.81. The van der Waals surface area contributed by atoms with E-state index in [1.54, 1.807) is 31.3 Å². The monoisotopic (exact) mass is 304 g/mol. The third-order valence-corrected chi connectivity index (χ3v) is 5.17. The zero-order chi connectivity index (χ0) is 15.3. The molecule has 4 nitrogen and oxygen atoms in total. The van der Waals surface area contributed by atoms with E-state index in [0.717, 1.165) is 18.4 Å². The van der Waals surface area contributed by atoms with Crippen LogP contribution in [0.2, 0.25) is 0 Å². The molecule has 21 heavy (non-hydrogen) atoms. The first-order chi connectivity index (χ1) is 10.1. The number of rotatable bonds is 6. The van der Waals surface area contributed by atoms with Gasteiger partial charge in [0, 0.05) is 7.05 Å². The molecule has 0 radical (unpaired) electrons. The van der Waals surface area contributed by atoms with Crippen molar-refractivity contribution >= 4 is 15.7 Å². The highest BCUT2D eigenvalue weighted by atomic mass is 32.2. The average Bonchev–Trinajstić information content (AvgIpc) is 2.53. The van der Waals surface area contributed by atoms with Crippen LogP contribution in [-0.2, 0) is 16.4 Å². The van der Waals surface area contributed by atoms with Crippen molar-refractivity contribution in [3.8, 4) is 0 Å². The lowest BCUT2D eigenvalue weighted by Crippen LogP contribution is -2.26. The molecular formula is C16H20N2O2S. The highest BCUT2D eigenvalue weighted by Crippen LogP contribution is 2.22. The number of hydrogen-bond donors (Lipinski definition) is 1. The molecular weight excluding hydrogens is 284 g/mol. The maximum atomic E-state index is 12.6. The molecule has 2 aromatic carbocycles. The van der Waals surface area contributed by atoms with Gasteiger partial charge in [-0.25, -0.2) is 8.42 Å². The number of sulfonamides is 1. The van der Waals surface area contributed by atoms with Crippen LogP contribution in [0.5, 0.6) is 0 Å². The van der Waals surface area contributed by atoms with E-state index in [0.29, 0.717) is 17.1 Å². The van der Waals surface area contributed by atoms with E-state index in [-0.39, 0.29) is 0 Å². The first-order valence-corrected chi connectivity index (χ1v) is 8.32. The summed E-state index contributed by atoms with van der Waals surface area (Å²) in [5.74, 6) is 0. The maximum Gasteiger partial charge on any atom is 0.264 e. The smallest absolute Gasteiger partial charge is 0.264 e. The molecule has 2 N–H and O–H groups in total. The third kappa shape index (κ3) is 3.62. The summed E-state index contributed by atoms with van der Waals surface area (Å²) >= 11 is 0. The lowest BCUT2D eigenvalue weighted by Gasteiger charge is -2.19. The summed E-state index contributed by atoms with van der Waals surface area (Å²) in [7, 11) is -1.96. The van der Waals surface area contributed by atoms with Gasteiger partial charge in [0.1, 0.15) is 0 Å². The molecule has 0 atom stereocenters. The molecule has 5 heteroatoms. The van der Waals surface area contributed by atoms with Gasteiger partial charge in [0.05, 0.1) is 10.6 Å². The fraction of sp³-hybridized carbons (Fsp3) is 0.250. The summed E-state index contributed by atoms with van der Waals surface area (Å²) in [5, 5.41) is 0. The van der Waals surface area contributed by atoms with Gasteiger partial charge in [-0.05, 0) is 49.2 Å². The van der Waals surface area contributed by atoms with Crippen molar-refractivity contribution in [1.82, 2.24) is 0 Å². The van der Waals surface area contributed by atoms with Crippen molar-refractivity contribution in [2.45, 2.75) is 17.7 Å². The third-order valence-electron chi connectivity index (χ3n) is 3.37. The van der Waals surface area contributed by atoms with Gasteiger partial charge in [-0.2, -0.15) is 0 Å². The molecule has 0 fully saturated rings. The summed E-state index contributed by atoms with van der Waals surface area (Å²) < 4.78 is 26.4. The lowest BCUT2D eigenvalue weighted by atomic mass is 10.1. The van der Waals surface area contributed by atoms with Gasteiger partial charge in [-0.1, -0.05) is 30.3 Å². The Labute approximate surface area is 126 Å². The van der Waals surface area contributed by atoms with E-state index in [2.05, 4.69) is 0 Å². The minimum atomic E-state index is -3.52. The van der Waals surface area contributed by atoms with Gasteiger partial charge in [-0.3, -0.25) is 4.31 Å². The normalized spacial score (nSPS) is 11.3. The molecule has 0 heterocycles. The van der Waals surface area contributed by atoms with Gasteiger partial charge in [-0.15, -0.1) is 0 Å². The summed E-state index contributed by atoms with van der Waals surface area (Å²) in [6.45, 7) is 0.636. The van der Waals surface area contributed by atoms with Crippen LogP contribution in [0.4, 0.5) is 5.69 Å². The van der Waals surface area contributed by atoms with Crippen molar-refractivity contribution in [2.75, 3.05) is 17.9 Å². The van der Waals surface area contributed by atoms with Gasteiger partial charge in [0.2, 0.25) is 0 Å². The van der Waals surface area contributed by atoms with Crippen molar-refractivity contribution < 1.29 is 8.42 Å². The van der Waals surface area contributed by atoms with E-state index < -0.39 is 10.0 Å². The predicted octanol–water partition coefficient (Wildman–Crippen LogP) is 2.40. The highest BCUT2D eigenvalue weighted by molar-refractivity contribution is 7.92. The molecule has 2 rings (SSSR count). The Bertz CT molecular complexity index is 667. The highest BCUT2D eigenvalue weighted by Gasteiger charge is 2.20. The quantitative estimate of drug-likeness (QED) is 0.891. The summed E-state index contributed by atoms with van der Waals surface area (Å²) in [6.07, 6.45) is 1.77. The molecule has 0 aliphatic heterocycles.